The Labute approximate surface area is 151 Å². The van der Waals surface area contributed by atoms with E-state index in [-0.39, 0.29) is 10.8 Å². The van der Waals surface area contributed by atoms with Crippen LogP contribution in [0.5, 0.6) is 0 Å². The zero-order chi connectivity index (χ0) is 16.8. The molecular formula is C20H24S3. The number of thiophene rings is 3. The molecule has 3 heteroatoms. The minimum atomic E-state index is 0.0851. The number of hydrogen-bond donors (Lipinski definition) is 0. The summed E-state index contributed by atoms with van der Waals surface area (Å²) < 4.78 is 0. The molecule has 0 saturated heterocycles. The highest BCUT2D eigenvalue weighted by Crippen LogP contribution is 2.45. The summed E-state index contributed by atoms with van der Waals surface area (Å²) in [7, 11) is 0. The fourth-order valence-electron chi connectivity index (χ4n) is 3.26. The average Bonchev–Trinajstić information content (AvgIpc) is 3.17. The van der Waals surface area contributed by atoms with Crippen LogP contribution in [0.3, 0.4) is 0 Å². The van der Waals surface area contributed by atoms with Crippen molar-refractivity contribution < 1.29 is 0 Å². The monoisotopic (exact) mass is 360 g/mol. The second-order valence-electron chi connectivity index (χ2n) is 7.28. The number of hydrogen-bond acceptors (Lipinski definition) is 3. The lowest BCUT2D eigenvalue weighted by Gasteiger charge is -2.25. The van der Waals surface area contributed by atoms with Gasteiger partial charge in [-0.1, -0.05) is 27.7 Å². The van der Waals surface area contributed by atoms with Crippen molar-refractivity contribution >= 4 is 34.0 Å². The lowest BCUT2D eigenvalue weighted by molar-refractivity contribution is 0.665. The van der Waals surface area contributed by atoms with Gasteiger partial charge in [0.25, 0.3) is 0 Å². The first-order valence-electron chi connectivity index (χ1n) is 7.94. The van der Waals surface area contributed by atoms with Crippen LogP contribution < -0.4 is 0 Å². The van der Waals surface area contributed by atoms with Crippen LogP contribution in [0.15, 0.2) is 35.0 Å². The fourth-order valence-corrected chi connectivity index (χ4v) is 6.75. The van der Waals surface area contributed by atoms with Crippen LogP contribution in [0.4, 0.5) is 0 Å². The molecule has 3 heterocycles. The van der Waals surface area contributed by atoms with Gasteiger partial charge in [0, 0.05) is 30.3 Å². The van der Waals surface area contributed by atoms with Crippen molar-refractivity contribution in [3.63, 3.8) is 0 Å². The van der Waals surface area contributed by atoms with Gasteiger partial charge in [0.05, 0.1) is 0 Å². The Hall–Kier alpha value is -0.900. The molecule has 0 aliphatic carbocycles. The summed E-state index contributed by atoms with van der Waals surface area (Å²) in [5.41, 5.74) is 2.98. The third-order valence-electron chi connectivity index (χ3n) is 4.70. The molecule has 0 aliphatic heterocycles. The van der Waals surface area contributed by atoms with Crippen LogP contribution in [0.1, 0.15) is 58.3 Å². The van der Waals surface area contributed by atoms with Crippen molar-refractivity contribution in [1.29, 1.82) is 0 Å². The van der Waals surface area contributed by atoms with Crippen LogP contribution in [0, 0.1) is 13.8 Å². The van der Waals surface area contributed by atoms with Gasteiger partial charge in [-0.2, -0.15) is 0 Å². The topological polar surface area (TPSA) is 0 Å². The summed E-state index contributed by atoms with van der Waals surface area (Å²) in [6.45, 7) is 13.9. The van der Waals surface area contributed by atoms with E-state index in [0.717, 1.165) is 0 Å². The first-order chi connectivity index (χ1) is 10.7. The Morgan fingerprint density at radius 2 is 1.04 bits per heavy atom. The minimum Gasteiger partial charge on any atom is -0.148 e. The van der Waals surface area contributed by atoms with Gasteiger partial charge in [-0.3, -0.25) is 0 Å². The number of rotatable bonds is 4. The van der Waals surface area contributed by atoms with Crippen LogP contribution in [0.25, 0.3) is 0 Å². The maximum absolute atomic E-state index is 2.35. The second kappa shape index (κ2) is 5.87. The van der Waals surface area contributed by atoms with Gasteiger partial charge in [0.2, 0.25) is 0 Å². The lowest BCUT2D eigenvalue weighted by atomic mass is 9.86. The van der Waals surface area contributed by atoms with E-state index in [2.05, 4.69) is 76.6 Å². The SMILES string of the molecule is Cc1ccsc1C(C)(C)c1ccc(C(C)(C)c2sccc2C)s1. The molecule has 0 aromatic carbocycles. The summed E-state index contributed by atoms with van der Waals surface area (Å²) in [4.78, 5) is 5.88. The Morgan fingerprint density at radius 1 is 0.652 bits per heavy atom. The molecule has 122 valence electrons. The predicted octanol–water partition coefficient (Wildman–Crippen LogP) is 7.14. The Morgan fingerprint density at radius 3 is 1.35 bits per heavy atom. The summed E-state index contributed by atoms with van der Waals surface area (Å²) in [5, 5.41) is 4.42. The van der Waals surface area contributed by atoms with E-state index in [1.54, 1.807) is 0 Å². The minimum absolute atomic E-state index is 0.0851. The normalized spacial score (nSPS) is 12.8. The Balaban J connectivity index is 2.01. The molecule has 3 aromatic rings. The van der Waals surface area contributed by atoms with Crippen LogP contribution in [0.2, 0.25) is 0 Å². The summed E-state index contributed by atoms with van der Waals surface area (Å²) >= 11 is 5.73. The molecule has 0 fully saturated rings. The van der Waals surface area contributed by atoms with E-state index in [1.165, 1.54) is 30.6 Å². The van der Waals surface area contributed by atoms with Crippen molar-refractivity contribution in [2.75, 3.05) is 0 Å². The van der Waals surface area contributed by atoms with Crippen molar-refractivity contribution in [3.8, 4) is 0 Å². The first kappa shape index (κ1) is 16.9. The molecule has 0 radical (unpaired) electrons. The molecular weight excluding hydrogens is 336 g/mol. The van der Waals surface area contributed by atoms with Gasteiger partial charge >= 0.3 is 0 Å². The van der Waals surface area contributed by atoms with Crippen LogP contribution in [-0.2, 0) is 10.8 Å². The van der Waals surface area contributed by atoms with E-state index < -0.39 is 0 Å². The molecule has 0 unspecified atom stereocenters. The van der Waals surface area contributed by atoms with E-state index in [0.29, 0.717) is 0 Å². The highest BCUT2D eigenvalue weighted by atomic mass is 32.1. The quantitative estimate of drug-likeness (QED) is 0.464. The molecule has 0 nitrogen and oxygen atoms in total. The molecule has 3 aromatic heterocycles. The molecule has 0 atom stereocenters. The molecule has 0 spiro atoms. The number of aryl methyl sites for hydroxylation is 2. The van der Waals surface area contributed by atoms with Gasteiger partial charge < -0.3 is 0 Å². The van der Waals surface area contributed by atoms with Gasteiger partial charge in [-0.15, -0.1) is 34.0 Å². The van der Waals surface area contributed by atoms with E-state index in [9.17, 15) is 0 Å². The van der Waals surface area contributed by atoms with Gasteiger partial charge in [-0.05, 0) is 60.0 Å². The van der Waals surface area contributed by atoms with Crippen LogP contribution in [-0.4, -0.2) is 0 Å². The Kier molecular flexibility index (Phi) is 4.33. The molecule has 0 amide bonds. The molecule has 3 rings (SSSR count). The first-order valence-corrected chi connectivity index (χ1v) is 10.5. The van der Waals surface area contributed by atoms with Crippen molar-refractivity contribution in [2.24, 2.45) is 0 Å². The highest BCUT2D eigenvalue weighted by molar-refractivity contribution is 7.14. The average molecular weight is 361 g/mol. The zero-order valence-electron chi connectivity index (χ0n) is 14.7. The van der Waals surface area contributed by atoms with Gasteiger partial charge in [-0.25, -0.2) is 0 Å². The zero-order valence-corrected chi connectivity index (χ0v) is 17.1. The maximum atomic E-state index is 2.35. The van der Waals surface area contributed by atoms with Gasteiger partial charge in [0.15, 0.2) is 0 Å². The van der Waals surface area contributed by atoms with Gasteiger partial charge in [0.1, 0.15) is 0 Å². The summed E-state index contributed by atoms with van der Waals surface area (Å²) in [6.07, 6.45) is 0. The van der Waals surface area contributed by atoms with E-state index in [1.807, 2.05) is 34.0 Å². The van der Waals surface area contributed by atoms with E-state index in [4.69, 9.17) is 0 Å². The van der Waals surface area contributed by atoms with Crippen molar-refractivity contribution in [1.82, 2.24) is 0 Å². The third kappa shape index (κ3) is 2.84. The smallest absolute Gasteiger partial charge is 0.0336 e. The molecule has 0 N–H and O–H groups in total. The molecule has 0 aliphatic rings. The molecule has 0 bridgehead atoms. The third-order valence-corrected chi connectivity index (χ3v) is 9.11. The fraction of sp³-hybridized carbons (Fsp3) is 0.400. The summed E-state index contributed by atoms with van der Waals surface area (Å²) in [5.74, 6) is 0. The Bertz CT molecular complexity index is 745. The highest BCUT2D eigenvalue weighted by Gasteiger charge is 2.32. The van der Waals surface area contributed by atoms with Crippen molar-refractivity contribution in [3.05, 3.63) is 65.7 Å². The van der Waals surface area contributed by atoms with E-state index >= 15 is 0 Å². The van der Waals surface area contributed by atoms with Crippen LogP contribution >= 0.6 is 34.0 Å². The predicted molar refractivity (Wildman–Crippen MR) is 107 cm³/mol. The summed E-state index contributed by atoms with van der Waals surface area (Å²) in [6, 6.07) is 9.14. The molecule has 23 heavy (non-hydrogen) atoms. The second-order valence-corrected chi connectivity index (χ2v) is 10.2. The van der Waals surface area contributed by atoms with Crippen molar-refractivity contribution in [2.45, 2.75) is 52.4 Å². The maximum Gasteiger partial charge on any atom is 0.0336 e. The standard InChI is InChI=1S/C20H24S3/c1-13-9-11-21-17(13)19(3,4)15-7-8-16(23-15)20(5,6)18-14(2)10-12-22-18/h7-12H,1-6H3. The molecule has 0 saturated carbocycles. The lowest BCUT2D eigenvalue weighted by Crippen LogP contribution is -2.18. The largest absolute Gasteiger partial charge is 0.148 e.